The highest BCUT2D eigenvalue weighted by Crippen LogP contribution is 2.28. The molecule has 0 aliphatic carbocycles. The smallest absolute Gasteiger partial charge is 0.266 e. The van der Waals surface area contributed by atoms with E-state index in [9.17, 15) is 14.4 Å². The Balaban J connectivity index is 2.16. The molecule has 0 fully saturated rings. The summed E-state index contributed by atoms with van der Waals surface area (Å²) in [4.78, 5) is 14.4. The van der Waals surface area contributed by atoms with Crippen molar-refractivity contribution in [2.45, 2.75) is 6.92 Å². The van der Waals surface area contributed by atoms with Gasteiger partial charge >= 0.3 is 0 Å². The number of halogens is 1. The predicted molar refractivity (Wildman–Crippen MR) is 87.3 cm³/mol. The molecule has 0 saturated heterocycles. The molecule has 3 rings (SSSR count). The van der Waals surface area contributed by atoms with Crippen LogP contribution in [0.1, 0.15) is 11.3 Å². The molecule has 0 atom stereocenters. The summed E-state index contributed by atoms with van der Waals surface area (Å²) in [7, 11) is 0. The fraction of sp³-hybridized carbons (Fsp3) is 0.0526. The maximum atomic E-state index is 14.5. The lowest BCUT2D eigenvalue weighted by Gasteiger charge is -2.08. The molecule has 0 spiro atoms. The van der Waals surface area contributed by atoms with Crippen LogP contribution in [0.25, 0.3) is 22.3 Å². The molecule has 0 aliphatic rings. The molecular weight excluding hydrogens is 291 g/mol. The zero-order valence-electron chi connectivity index (χ0n) is 12.4. The Morgan fingerprint density at radius 3 is 2.39 bits per heavy atom. The van der Waals surface area contributed by atoms with Crippen LogP contribution in [0.5, 0.6) is 0 Å². The summed E-state index contributed by atoms with van der Waals surface area (Å²) in [6.45, 7) is 1.72. The van der Waals surface area contributed by atoms with E-state index in [1.54, 1.807) is 25.1 Å². The van der Waals surface area contributed by atoms with Gasteiger partial charge in [-0.15, -0.1) is 0 Å². The van der Waals surface area contributed by atoms with E-state index in [0.717, 1.165) is 5.56 Å². The van der Waals surface area contributed by atoms with Crippen molar-refractivity contribution in [3.63, 3.8) is 0 Å². The normalized spacial score (nSPS) is 10.3. The highest BCUT2D eigenvalue weighted by molar-refractivity contribution is 5.74. The van der Waals surface area contributed by atoms with Gasteiger partial charge in [0, 0.05) is 16.8 Å². The van der Waals surface area contributed by atoms with Crippen molar-refractivity contribution in [1.29, 1.82) is 5.26 Å². The Morgan fingerprint density at radius 2 is 1.74 bits per heavy atom. The number of hydrogen-bond donors (Lipinski definition) is 1. The summed E-state index contributed by atoms with van der Waals surface area (Å²) < 4.78 is 14.5. The van der Waals surface area contributed by atoms with Crippen LogP contribution in [-0.2, 0) is 0 Å². The first-order chi connectivity index (χ1) is 11.1. The van der Waals surface area contributed by atoms with Crippen molar-refractivity contribution >= 4 is 0 Å². The molecule has 1 N–H and O–H groups in total. The monoisotopic (exact) mass is 304 g/mol. The number of hydrogen-bond acceptors (Lipinski definition) is 2. The first-order valence-corrected chi connectivity index (χ1v) is 7.09. The fourth-order valence-electron chi connectivity index (χ4n) is 2.56. The zero-order valence-corrected chi connectivity index (χ0v) is 12.4. The van der Waals surface area contributed by atoms with Crippen LogP contribution in [0.2, 0.25) is 0 Å². The van der Waals surface area contributed by atoms with Gasteiger partial charge in [0.2, 0.25) is 0 Å². The molecule has 1 aromatic heterocycles. The topological polar surface area (TPSA) is 56.6 Å². The van der Waals surface area contributed by atoms with E-state index in [2.05, 4.69) is 4.98 Å². The van der Waals surface area contributed by atoms with Crippen LogP contribution in [0, 0.1) is 24.1 Å². The molecule has 4 heteroatoms. The quantitative estimate of drug-likeness (QED) is 0.777. The third kappa shape index (κ3) is 2.77. The van der Waals surface area contributed by atoms with Gasteiger partial charge in [-0.05, 0) is 30.2 Å². The minimum Gasteiger partial charge on any atom is -0.325 e. The van der Waals surface area contributed by atoms with Gasteiger partial charge in [-0.25, -0.2) is 4.39 Å². The molecule has 0 amide bonds. The SMILES string of the molecule is Cc1cc(-c2ccc(-c3ccccc3)c(F)c2)c(C#N)c(=O)[nH]1. The molecule has 2 aromatic carbocycles. The van der Waals surface area contributed by atoms with Crippen LogP contribution < -0.4 is 5.56 Å². The lowest BCUT2D eigenvalue weighted by molar-refractivity contribution is 0.632. The minimum atomic E-state index is -0.463. The Morgan fingerprint density at radius 1 is 1.00 bits per heavy atom. The second kappa shape index (κ2) is 5.90. The van der Waals surface area contributed by atoms with Gasteiger partial charge in [-0.1, -0.05) is 42.5 Å². The summed E-state index contributed by atoms with van der Waals surface area (Å²) >= 11 is 0. The van der Waals surface area contributed by atoms with Gasteiger partial charge in [0.15, 0.2) is 0 Å². The molecule has 3 nitrogen and oxygen atoms in total. The summed E-state index contributed by atoms with van der Waals surface area (Å²) in [5, 5.41) is 9.19. The number of rotatable bonds is 2. The van der Waals surface area contributed by atoms with Crippen LogP contribution in [-0.4, -0.2) is 4.98 Å². The van der Waals surface area contributed by atoms with Gasteiger partial charge < -0.3 is 4.98 Å². The maximum absolute atomic E-state index is 14.5. The van der Waals surface area contributed by atoms with Gasteiger partial charge in [0.25, 0.3) is 5.56 Å². The third-order valence-electron chi connectivity index (χ3n) is 3.64. The summed E-state index contributed by atoms with van der Waals surface area (Å²) in [6.07, 6.45) is 0. The van der Waals surface area contributed by atoms with Crippen molar-refractivity contribution in [2.75, 3.05) is 0 Å². The lowest BCUT2D eigenvalue weighted by Crippen LogP contribution is -2.12. The average molecular weight is 304 g/mol. The standard InChI is InChI=1S/C19H13FN2O/c1-12-9-16(17(11-21)19(23)22-12)14-7-8-15(18(20)10-14)13-5-3-2-4-6-13/h2-10H,1H3,(H,22,23). The minimum absolute atomic E-state index is 0.0116. The largest absolute Gasteiger partial charge is 0.325 e. The number of H-pyrrole nitrogens is 1. The first-order valence-electron chi connectivity index (χ1n) is 7.09. The highest BCUT2D eigenvalue weighted by Gasteiger charge is 2.13. The van der Waals surface area contributed by atoms with E-state index >= 15 is 0 Å². The molecule has 23 heavy (non-hydrogen) atoms. The molecular formula is C19H13FN2O. The Labute approximate surface area is 132 Å². The molecule has 1 heterocycles. The summed E-state index contributed by atoms with van der Waals surface area (Å²) in [5.74, 6) is -0.393. The number of nitriles is 1. The highest BCUT2D eigenvalue weighted by atomic mass is 19.1. The number of pyridine rings is 1. The predicted octanol–water partition coefficient (Wildman–Crippen LogP) is 4.03. The average Bonchev–Trinajstić information content (AvgIpc) is 2.55. The summed E-state index contributed by atoms with van der Waals surface area (Å²) in [6, 6.07) is 17.5. The van der Waals surface area contributed by atoms with Gasteiger partial charge in [-0.2, -0.15) is 5.26 Å². The number of benzene rings is 2. The Bertz CT molecular complexity index is 969. The molecule has 0 radical (unpaired) electrons. The number of aryl methyl sites for hydroxylation is 1. The lowest BCUT2D eigenvalue weighted by atomic mass is 9.97. The molecule has 0 unspecified atom stereocenters. The first kappa shape index (κ1) is 14.7. The third-order valence-corrected chi connectivity index (χ3v) is 3.64. The Kier molecular flexibility index (Phi) is 3.78. The van der Waals surface area contributed by atoms with E-state index in [-0.39, 0.29) is 5.56 Å². The van der Waals surface area contributed by atoms with E-state index in [4.69, 9.17) is 0 Å². The van der Waals surface area contributed by atoms with E-state index < -0.39 is 11.4 Å². The number of aromatic nitrogens is 1. The van der Waals surface area contributed by atoms with Crippen molar-refractivity contribution < 1.29 is 4.39 Å². The summed E-state index contributed by atoms with van der Waals surface area (Å²) in [5.41, 5.74) is 2.35. The van der Waals surface area contributed by atoms with Crippen molar-refractivity contribution in [3.05, 3.63) is 82.0 Å². The van der Waals surface area contributed by atoms with Crippen LogP contribution >= 0.6 is 0 Å². The van der Waals surface area contributed by atoms with E-state index in [0.29, 0.717) is 22.4 Å². The molecule has 112 valence electrons. The second-order valence-corrected chi connectivity index (χ2v) is 5.24. The number of nitrogens with zero attached hydrogens (tertiary/aromatic N) is 1. The van der Waals surface area contributed by atoms with Crippen molar-refractivity contribution in [1.82, 2.24) is 4.98 Å². The molecule has 0 saturated carbocycles. The van der Waals surface area contributed by atoms with Gasteiger partial charge in [-0.3, -0.25) is 4.79 Å². The number of nitrogens with one attached hydrogen (secondary N) is 1. The van der Waals surface area contributed by atoms with Crippen molar-refractivity contribution in [3.8, 4) is 28.3 Å². The van der Waals surface area contributed by atoms with Crippen LogP contribution in [0.4, 0.5) is 4.39 Å². The second-order valence-electron chi connectivity index (χ2n) is 5.24. The zero-order chi connectivity index (χ0) is 16.4. The van der Waals surface area contributed by atoms with E-state index in [1.807, 2.05) is 36.4 Å². The van der Waals surface area contributed by atoms with Gasteiger partial charge in [0.05, 0.1) is 0 Å². The van der Waals surface area contributed by atoms with Crippen LogP contribution in [0.3, 0.4) is 0 Å². The van der Waals surface area contributed by atoms with Crippen LogP contribution in [0.15, 0.2) is 59.4 Å². The maximum Gasteiger partial charge on any atom is 0.266 e. The number of aromatic amines is 1. The van der Waals surface area contributed by atoms with Gasteiger partial charge in [0.1, 0.15) is 17.4 Å². The van der Waals surface area contributed by atoms with Crippen molar-refractivity contribution in [2.24, 2.45) is 0 Å². The molecule has 0 aliphatic heterocycles. The Hall–Kier alpha value is -3.19. The van der Waals surface area contributed by atoms with E-state index in [1.165, 1.54) is 6.07 Å². The molecule has 0 bridgehead atoms. The fourth-order valence-corrected chi connectivity index (χ4v) is 2.56. The molecule has 3 aromatic rings.